The molecule has 3 rings (SSSR count). The highest BCUT2D eigenvalue weighted by molar-refractivity contribution is 6.10. The summed E-state index contributed by atoms with van der Waals surface area (Å²) < 4.78 is 5.12. The molecule has 0 unspecified atom stereocenters. The van der Waals surface area contributed by atoms with Gasteiger partial charge in [0.15, 0.2) is 0 Å². The van der Waals surface area contributed by atoms with Gasteiger partial charge in [0.1, 0.15) is 0 Å². The van der Waals surface area contributed by atoms with Crippen LogP contribution in [0.3, 0.4) is 0 Å². The summed E-state index contributed by atoms with van der Waals surface area (Å²) >= 11 is 0. The molecule has 0 radical (unpaired) electrons. The van der Waals surface area contributed by atoms with Crippen LogP contribution in [0.2, 0.25) is 0 Å². The van der Waals surface area contributed by atoms with Crippen molar-refractivity contribution in [2.24, 2.45) is 5.92 Å². The third-order valence-corrected chi connectivity index (χ3v) is 4.44. The van der Waals surface area contributed by atoms with E-state index in [1.807, 2.05) is 25.1 Å². The van der Waals surface area contributed by atoms with Gasteiger partial charge in [-0.1, -0.05) is 23.8 Å². The number of aryl methyl sites for hydroxylation is 1. The molecule has 1 saturated heterocycles. The number of hydrogen-bond acceptors (Lipinski definition) is 3. The van der Waals surface area contributed by atoms with Gasteiger partial charge in [-0.25, -0.2) is 0 Å². The molecular weight excluding hydrogens is 254 g/mol. The van der Waals surface area contributed by atoms with E-state index in [0.29, 0.717) is 0 Å². The van der Waals surface area contributed by atoms with E-state index in [4.69, 9.17) is 4.74 Å². The molecule has 0 bridgehead atoms. The van der Waals surface area contributed by atoms with E-state index in [9.17, 15) is 9.59 Å². The summed E-state index contributed by atoms with van der Waals surface area (Å²) in [5.41, 5.74) is 2.04. The maximum absolute atomic E-state index is 12.8. The normalized spacial score (nSPS) is 28.5. The highest BCUT2D eigenvalue weighted by Crippen LogP contribution is 2.50. The maximum atomic E-state index is 12.8. The van der Waals surface area contributed by atoms with Crippen molar-refractivity contribution in [1.29, 1.82) is 0 Å². The maximum Gasteiger partial charge on any atom is 0.307 e. The van der Waals surface area contributed by atoms with Crippen molar-refractivity contribution in [3.8, 4) is 0 Å². The van der Waals surface area contributed by atoms with Crippen molar-refractivity contribution < 1.29 is 14.3 Å². The number of anilines is 1. The predicted molar refractivity (Wildman–Crippen MR) is 75.5 cm³/mol. The zero-order valence-corrected chi connectivity index (χ0v) is 11.7. The molecule has 2 aliphatic rings. The second kappa shape index (κ2) is 4.20. The molecule has 1 spiro atoms. The molecule has 2 heterocycles. The van der Waals surface area contributed by atoms with Crippen LogP contribution in [0.4, 0.5) is 5.69 Å². The van der Waals surface area contributed by atoms with Gasteiger partial charge in [0.2, 0.25) is 5.91 Å². The molecular formula is C16H17NO3. The van der Waals surface area contributed by atoms with Crippen molar-refractivity contribution in [3.63, 3.8) is 0 Å². The highest BCUT2D eigenvalue weighted by Gasteiger charge is 2.57. The Kier molecular flexibility index (Phi) is 2.71. The molecule has 20 heavy (non-hydrogen) atoms. The molecule has 4 nitrogen and oxygen atoms in total. The summed E-state index contributed by atoms with van der Waals surface area (Å²) in [5.74, 6) is -0.544. The number of cyclic esters (lactones) is 1. The van der Waals surface area contributed by atoms with Crippen molar-refractivity contribution in [1.82, 2.24) is 0 Å². The first-order chi connectivity index (χ1) is 9.50. The molecule has 1 aromatic rings. The van der Waals surface area contributed by atoms with Gasteiger partial charge in [-0.2, -0.15) is 0 Å². The Morgan fingerprint density at radius 3 is 2.90 bits per heavy atom. The molecule has 104 valence electrons. The zero-order valence-electron chi connectivity index (χ0n) is 11.7. The van der Waals surface area contributed by atoms with Crippen molar-refractivity contribution in [3.05, 3.63) is 42.0 Å². The topological polar surface area (TPSA) is 46.6 Å². The Hall–Kier alpha value is -2.10. The second-order valence-corrected chi connectivity index (χ2v) is 5.56. The SMILES string of the molecule is C=C[C@H]1COC(=O)C[C@]12C(=O)N(C)c1ccc(C)cc12. The minimum atomic E-state index is -0.840. The minimum absolute atomic E-state index is 0.0420. The summed E-state index contributed by atoms with van der Waals surface area (Å²) in [4.78, 5) is 26.3. The first-order valence-electron chi connectivity index (χ1n) is 6.68. The minimum Gasteiger partial charge on any atom is -0.465 e. The fourth-order valence-corrected chi connectivity index (χ4v) is 3.36. The number of carbonyl (C=O) groups excluding carboxylic acids is 2. The fourth-order valence-electron chi connectivity index (χ4n) is 3.36. The second-order valence-electron chi connectivity index (χ2n) is 5.56. The van der Waals surface area contributed by atoms with Gasteiger partial charge in [-0.05, 0) is 18.6 Å². The average Bonchev–Trinajstić information content (AvgIpc) is 2.62. The van der Waals surface area contributed by atoms with Crippen LogP contribution in [0, 0.1) is 12.8 Å². The molecule has 0 aliphatic carbocycles. The molecule has 1 fully saturated rings. The number of ether oxygens (including phenoxy) is 1. The van der Waals surface area contributed by atoms with Crippen LogP contribution < -0.4 is 4.90 Å². The summed E-state index contributed by atoms with van der Waals surface area (Å²) in [6.45, 7) is 6.03. The van der Waals surface area contributed by atoms with Crippen LogP contribution in [0.5, 0.6) is 0 Å². The van der Waals surface area contributed by atoms with Crippen LogP contribution in [-0.2, 0) is 19.7 Å². The third-order valence-electron chi connectivity index (χ3n) is 4.44. The van der Waals surface area contributed by atoms with Crippen molar-refractivity contribution >= 4 is 17.6 Å². The quantitative estimate of drug-likeness (QED) is 0.579. The lowest BCUT2D eigenvalue weighted by Gasteiger charge is -2.37. The first kappa shape index (κ1) is 12.9. The molecule has 1 amide bonds. The molecule has 2 aliphatic heterocycles. The van der Waals surface area contributed by atoms with E-state index < -0.39 is 5.41 Å². The lowest BCUT2D eigenvalue weighted by atomic mass is 9.67. The van der Waals surface area contributed by atoms with Crippen molar-refractivity contribution in [2.75, 3.05) is 18.6 Å². The molecule has 0 aromatic heterocycles. The highest BCUT2D eigenvalue weighted by atomic mass is 16.5. The Morgan fingerprint density at radius 2 is 2.20 bits per heavy atom. The standard InChI is InChI=1S/C16H17NO3/c1-4-11-9-20-14(18)8-16(11)12-7-10(2)5-6-13(12)17(3)15(16)19/h4-7,11H,1,8-9H2,2-3H3/t11-,16-/m0/s1. The predicted octanol–water partition coefficient (Wildman–Crippen LogP) is 1.96. The summed E-state index contributed by atoms with van der Waals surface area (Å²) in [5, 5.41) is 0. The van der Waals surface area contributed by atoms with E-state index in [0.717, 1.165) is 16.8 Å². The van der Waals surface area contributed by atoms with E-state index in [-0.39, 0.29) is 30.8 Å². The van der Waals surface area contributed by atoms with E-state index in [1.165, 1.54) is 0 Å². The van der Waals surface area contributed by atoms with Crippen molar-refractivity contribution in [2.45, 2.75) is 18.8 Å². The van der Waals surface area contributed by atoms with Crippen LogP contribution in [-0.4, -0.2) is 25.5 Å². The largest absolute Gasteiger partial charge is 0.465 e. The molecule has 2 atom stereocenters. The lowest BCUT2D eigenvalue weighted by molar-refractivity contribution is -0.156. The fraction of sp³-hybridized carbons (Fsp3) is 0.375. The zero-order chi connectivity index (χ0) is 14.5. The number of rotatable bonds is 1. The molecule has 1 aromatic carbocycles. The number of fused-ring (bicyclic) bond motifs is 2. The number of esters is 1. The summed E-state index contributed by atoms with van der Waals surface area (Å²) in [6.07, 6.45) is 1.82. The first-order valence-corrected chi connectivity index (χ1v) is 6.68. The average molecular weight is 271 g/mol. The molecule has 0 N–H and O–H groups in total. The number of likely N-dealkylation sites (N-methyl/N-ethyl adjacent to an activating group) is 1. The Bertz CT molecular complexity index is 622. The van der Waals surface area contributed by atoms with Crippen LogP contribution in [0.25, 0.3) is 0 Å². The van der Waals surface area contributed by atoms with Gasteiger partial charge >= 0.3 is 5.97 Å². The number of benzene rings is 1. The van der Waals surface area contributed by atoms with Crippen LogP contribution in [0.15, 0.2) is 30.9 Å². The number of amides is 1. The molecule has 4 heteroatoms. The number of hydrogen-bond donors (Lipinski definition) is 0. The van der Waals surface area contributed by atoms with Gasteiger partial charge in [0, 0.05) is 18.7 Å². The van der Waals surface area contributed by atoms with Crippen LogP contribution >= 0.6 is 0 Å². The van der Waals surface area contributed by atoms with E-state index in [2.05, 4.69) is 6.58 Å². The summed E-state index contributed by atoms with van der Waals surface area (Å²) in [6, 6.07) is 5.93. The van der Waals surface area contributed by atoms with Gasteiger partial charge in [0.05, 0.1) is 18.4 Å². The van der Waals surface area contributed by atoms with Gasteiger partial charge in [-0.15, -0.1) is 6.58 Å². The third kappa shape index (κ3) is 1.48. The smallest absolute Gasteiger partial charge is 0.307 e. The van der Waals surface area contributed by atoms with Crippen LogP contribution in [0.1, 0.15) is 17.5 Å². The van der Waals surface area contributed by atoms with Gasteiger partial charge in [0.25, 0.3) is 0 Å². The lowest BCUT2D eigenvalue weighted by Crippen LogP contribution is -2.50. The van der Waals surface area contributed by atoms with E-state index >= 15 is 0 Å². The summed E-state index contributed by atoms with van der Waals surface area (Å²) in [7, 11) is 1.76. The Labute approximate surface area is 118 Å². The van der Waals surface area contributed by atoms with Gasteiger partial charge in [-0.3, -0.25) is 9.59 Å². The number of carbonyl (C=O) groups is 2. The molecule has 0 saturated carbocycles. The van der Waals surface area contributed by atoms with Gasteiger partial charge < -0.3 is 9.64 Å². The number of nitrogens with zero attached hydrogens (tertiary/aromatic N) is 1. The Balaban J connectivity index is 2.26. The monoisotopic (exact) mass is 271 g/mol. The van der Waals surface area contributed by atoms with E-state index in [1.54, 1.807) is 18.0 Å². The Morgan fingerprint density at radius 1 is 1.45 bits per heavy atom.